The topological polar surface area (TPSA) is 88.1 Å². The van der Waals surface area contributed by atoms with Crippen molar-refractivity contribution in [2.45, 2.75) is 39.8 Å². The number of amides is 1. The summed E-state index contributed by atoms with van der Waals surface area (Å²) in [6.07, 6.45) is -2.96. The number of alkyl halides is 3. The third-order valence-electron chi connectivity index (χ3n) is 6.16. The lowest BCUT2D eigenvalue weighted by atomic mass is 9.97. The van der Waals surface area contributed by atoms with Crippen molar-refractivity contribution in [2.75, 3.05) is 30.7 Å². The first kappa shape index (κ1) is 20.2. The summed E-state index contributed by atoms with van der Waals surface area (Å²) in [5.41, 5.74) is -1.32. The van der Waals surface area contributed by atoms with Gasteiger partial charge in [-0.05, 0) is 44.0 Å². The van der Waals surface area contributed by atoms with Crippen LogP contribution in [-0.2, 0) is 15.5 Å². The number of nitrogens with zero attached hydrogens (tertiary/aromatic N) is 4. The van der Waals surface area contributed by atoms with Gasteiger partial charge in [0.25, 0.3) is 0 Å². The average molecular weight is 510 g/mol. The molecule has 2 aromatic heterocycles. The summed E-state index contributed by atoms with van der Waals surface area (Å²) in [6.45, 7) is 1.56. The Morgan fingerprint density at radius 3 is 2.60 bits per heavy atom. The fourth-order valence-corrected chi connectivity index (χ4v) is 6.63. The number of aromatic nitrogens is 3. The Labute approximate surface area is 207 Å². The summed E-state index contributed by atoms with van der Waals surface area (Å²) < 4.78 is 88.0. The van der Waals surface area contributed by atoms with Crippen molar-refractivity contribution in [1.82, 2.24) is 19.9 Å². The van der Waals surface area contributed by atoms with Gasteiger partial charge in [0, 0.05) is 41.8 Å². The average Bonchev–Trinajstić information content (AvgIpc) is 2.82. The summed E-state index contributed by atoms with van der Waals surface area (Å²) in [6, 6.07) is 1.80. The summed E-state index contributed by atoms with van der Waals surface area (Å²) in [7, 11) is -3.03. The van der Waals surface area contributed by atoms with Crippen LogP contribution in [0.15, 0.2) is 30.5 Å². The van der Waals surface area contributed by atoms with Gasteiger partial charge in [0.05, 0.1) is 24.7 Å². The fourth-order valence-electron chi connectivity index (χ4n) is 4.19. The van der Waals surface area contributed by atoms with Crippen LogP contribution < -0.4 is 10.8 Å². The Kier molecular flexibility index (Phi) is 5.33. The molecule has 3 aromatic rings. The highest BCUT2D eigenvalue weighted by Gasteiger charge is 2.34. The van der Waals surface area contributed by atoms with Gasteiger partial charge in [-0.3, -0.25) is 9.78 Å². The van der Waals surface area contributed by atoms with Crippen LogP contribution in [0, 0.1) is 13.8 Å². The number of pyridine rings is 1. The number of anilines is 1. The zero-order valence-electron chi connectivity index (χ0n) is 23.4. The number of carbonyl (C=O) groups excluding carboxylic acids is 1. The molecule has 11 heteroatoms. The summed E-state index contributed by atoms with van der Waals surface area (Å²) in [4.78, 5) is 26.2. The monoisotopic (exact) mass is 509 g/mol. The Hall–Kier alpha value is -3.00. The highest BCUT2D eigenvalue weighted by Crippen LogP contribution is 2.46. The number of carbonyl (C=O) groups is 1. The Morgan fingerprint density at radius 1 is 1.26 bits per heavy atom. The van der Waals surface area contributed by atoms with E-state index in [2.05, 4.69) is 20.3 Å². The third-order valence-corrected chi connectivity index (χ3v) is 9.08. The van der Waals surface area contributed by atoms with Crippen molar-refractivity contribution in [3.63, 3.8) is 0 Å². The Bertz CT molecular complexity index is 1490. The molecule has 0 saturated carbocycles. The first-order valence-corrected chi connectivity index (χ1v) is 13.0. The molecule has 1 fully saturated rings. The number of nitrogens with one attached hydrogen (secondary N) is 1. The molecule has 1 aliphatic rings. The normalized spacial score (nSPS) is 19.8. The molecule has 35 heavy (non-hydrogen) atoms. The standard InChI is InChI=1S/C24H27F3N5O2P/c1-14-18(6-5-7-20(14)24(25,26)27)15(2)29-23-19-12-22(28-13-21(19)30-16(3)31-23)35(34)10-8-32(9-11-35)17(4)33/h5-7,12-13,15H,8-11H2,1-4H3,(H,29,30,31)/t15-/m0/s1/i2D3,15D. The molecule has 1 amide bonds. The van der Waals surface area contributed by atoms with E-state index in [4.69, 9.17) is 5.48 Å². The maximum Gasteiger partial charge on any atom is 0.416 e. The molecular weight excluding hydrogens is 478 g/mol. The van der Waals surface area contributed by atoms with Gasteiger partial charge >= 0.3 is 6.18 Å². The maximum absolute atomic E-state index is 13.8. The van der Waals surface area contributed by atoms with Gasteiger partial charge in [0.15, 0.2) is 0 Å². The molecule has 7 nitrogen and oxygen atoms in total. The quantitative estimate of drug-likeness (QED) is 0.514. The zero-order valence-corrected chi connectivity index (χ0v) is 20.3. The number of fused-ring (bicyclic) bond motifs is 1. The first-order chi connectivity index (χ1) is 18.0. The van der Waals surface area contributed by atoms with Gasteiger partial charge in [-0.2, -0.15) is 13.2 Å². The van der Waals surface area contributed by atoms with E-state index in [0.717, 1.165) is 19.1 Å². The molecular formula is C24H27F3N5O2P. The zero-order chi connectivity index (χ0) is 29.0. The molecule has 1 aliphatic heterocycles. The van der Waals surface area contributed by atoms with Gasteiger partial charge in [-0.25, -0.2) is 9.97 Å². The molecule has 0 bridgehead atoms. The second-order valence-electron chi connectivity index (χ2n) is 8.50. The van der Waals surface area contributed by atoms with Crippen LogP contribution in [0.5, 0.6) is 0 Å². The van der Waals surface area contributed by atoms with Crippen molar-refractivity contribution < 1.29 is 28.0 Å². The fraction of sp³-hybridized carbons (Fsp3) is 0.417. The molecule has 1 N–H and O–H groups in total. The number of halogens is 3. The minimum atomic E-state index is -4.75. The predicted molar refractivity (Wildman–Crippen MR) is 130 cm³/mol. The molecule has 0 unspecified atom stereocenters. The highest BCUT2D eigenvalue weighted by molar-refractivity contribution is 7.71. The van der Waals surface area contributed by atoms with E-state index >= 15 is 0 Å². The molecule has 1 aromatic carbocycles. The van der Waals surface area contributed by atoms with Crippen LogP contribution >= 0.6 is 7.14 Å². The first-order valence-electron chi connectivity index (χ1n) is 12.9. The van der Waals surface area contributed by atoms with Crippen LogP contribution in [0.2, 0.25) is 0 Å². The van der Waals surface area contributed by atoms with Gasteiger partial charge in [0.2, 0.25) is 5.91 Å². The van der Waals surface area contributed by atoms with Crippen LogP contribution in [0.25, 0.3) is 10.9 Å². The highest BCUT2D eigenvalue weighted by atomic mass is 31.2. The van der Waals surface area contributed by atoms with Crippen molar-refractivity contribution in [3.05, 3.63) is 53.0 Å². The molecule has 3 heterocycles. The molecule has 4 rings (SSSR count). The molecule has 0 radical (unpaired) electrons. The number of hydrogen-bond donors (Lipinski definition) is 1. The molecule has 0 aliphatic carbocycles. The summed E-state index contributed by atoms with van der Waals surface area (Å²) >= 11 is 0. The maximum atomic E-state index is 13.8. The Balaban J connectivity index is 1.84. The lowest BCUT2D eigenvalue weighted by molar-refractivity contribution is -0.138. The van der Waals surface area contributed by atoms with E-state index in [9.17, 15) is 22.5 Å². The largest absolute Gasteiger partial charge is 0.416 e. The van der Waals surface area contributed by atoms with Crippen molar-refractivity contribution in [2.24, 2.45) is 0 Å². The number of hydrogen-bond acceptors (Lipinski definition) is 6. The van der Waals surface area contributed by atoms with Gasteiger partial charge < -0.3 is 14.8 Å². The van der Waals surface area contributed by atoms with E-state index in [-0.39, 0.29) is 51.8 Å². The van der Waals surface area contributed by atoms with Crippen LogP contribution in [0.3, 0.4) is 0 Å². The van der Waals surface area contributed by atoms with Crippen molar-refractivity contribution >= 4 is 35.2 Å². The van der Waals surface area contributed by atoms with E-state index in [1.165, 1.54) is 32.2 Å². The van der Waals surface area contributed by atoms with Crippen LogP contribution in [0.4, 0.5) is 19.0 Å². The summed E-state index contributed by atoms with van der Waals surface area (Å²) in [5.74, 6) is -0.0305. The minimum absolute atomic E-state index is 0.113. The number of benzene rings is 1. The van der Waals surface area contributed by atoms with E-state index in [1.54, 1.807) is 4.90 Å². The summed E-state index contributed by atoms with van der Waals surface area (Å²) in [5, 5.41) is 2.82. The van der Waals surface area contributed by atoms with Crippen LogP contribution in [0.1, 0.15) is 47.8 Å². The number of rotatable bonds is 4. The van der Waals surface area contributed by atoms with Crippen molar-refractivity contribution in [1.29, 1.82) is 0 Å². The Morgan fingerprint density at radius 2 is 1.97 bits per heavy atom. The smallest absolute Gasteiger partial charge is 0.363 e. The van der Waals surface area contributed by atoms with Crippen molar-refractivity contribution in [3.8, 4) is 0 Å². The number of aryl methyl sites for hydroxylation is 1. The molecule has 1 saturated heterocycles. The molecule has 1 atom stereocenters. The SMILES string of the molecule is [2H]C([2H])([2H])[C@]([2H])(Nc1nc(C)nc2cnc(P3(=O)CCN(C(C)=O)CC3)cc12)c1cccc(C(F)(F)F)c1C. The minimum Gasteiger partial charge on any atom is -0.363 e. The molecule has 0 spiro atoms. The van der Waals surface area contributed by atoms with E-state index in [0.29, 0.717) is 13.1 Å². The van der Waals surface area contributed by atoms with E-state index < -0.39 is 37.3 Å². The second kappa shape index (κ2) is 9.22. The van der Waals surface area contributed by atoms with Gasteiger partial charge in [0.1, 0.15) is 24.2 Å². The van der Waals surface area contributed by atoms with Gasteiger partial charge in [-0.1, -0.05) is 12.1 Å². The van der Waals surface area contributed by atoms with Gasteiger partial charge in [-0.15, -0.1) is 0 Å². The third kappa shape index (κ3) is 5.03. The predicted octanol–water partition coefficient (Wildman–Crippen LogP) is 4.68. The van der Waals surface area contributed by atoms with Crippen LogP contribution in [-0.4, -0.2) is 51.2 Å². The lowest BCUT2D eigenvalue weighted by Crippen LogP contribution is -2.40. The van der Waals surface area contributed by atoms with E-state index in [1.807, 2.05) is 0 Å². The molecule has 186 valence electrons. The second-order valence-corrected chi connectivity index (χ2v) is 11.6. The lowest BCUT2D eigenvalue weighted by Gasteiger charge is -2.31.